The number of benzene rings is 2. The van der Waals surface area contributed by atoms with Gasteiger partial charge in [0.05, 0.1) is 10.6 Å². The first-order valence-electron chi connectivity index (χ1n) is 11.2. The molecule has 1 amide bonds. The monoisotopic (exact) mass is 451 g/mol. The standard InChI is InChI=1S/C26H30FN3OS/c1-6-11-30-22-14-20(27)18(12-19(22)17(3)15-26(30,4)5)13-23-24(31)29-25(32-23)28-21-10-8-7-9-16(21)2/h7-10,12-14,17H,6,11,15H2,1-5H3,(H,28,29,31)/b23-13+. The second-order valence-corrected chi connectivity index (χ2v) is 10.3. The van der Waals surface area contributed by atoms with E-state index in [0.717, 1.165) is 41.9 Å². The fourth-order valence-electron chi connectivity index (χ4n) is 4.70. The van der Waals surface area contributed by atoms with Crippen LogP contribution in [0.2, 0.25) is 0 Å². The number of carbonyl (C=O) groups is 1. The van der Waals surface area contributed by atoms with Gasteiger partial charge in [-0.25, -0.2) is 9.38 Å². The van der Waals surface area contributed by atoms with Gasteiger partial charge in [0.25, 0.3) is 5.91 Å². The van der Waals surface area contributed by atoms with Gasteiger partial charge >= 0.3 is 0 Å². The molecule has 0 bridgehead atoms. The molecule has 2 heterocycles. The number of amides is 1. The lowest BCUT2D eigenvalue weighted by Crippen LogP contribution is -2.48. The van der Waals surface area contributed by atoms with Gasteiger partial charge in [-0.1, -0.05) is 32.0 Å². The van der Waals surface area contributed by atoms with E-state index in [1.807, 2.05) is 37.3 Å². The molecule has 4 rings (SSSR count). The Morgan fingerprint density at radius 1 is 1.31 bits per heavy atom. The molecule has 1 atom stereocenters. The van der Waals surface area contributed by atoms with E-state index in [2.05, 4.69) is 42.9 Å². The lowest BCUT2D eigenvalue weighted by atomic mass is 9.79. The highest BCUT2D eigenvalue weighted by molar-refractivity contribution is 8.18. The van der Waals surface area contributed by atoms with E-state index in [4.69, 9.17) is 0 Å². The van der Waals surface area contributed by atoms with Gasteiger partial charge in [-0.15, -0.1) is 0 Å². The van der Waals surface area contributed by atoms with Crippen LogP contribution in [0.5, 0.6) is 0 Å². The fourth-order valence-corrected chi connectivity index (χ4v) is 5.52. The SMILES string of the molecule is CCCN1c2cc(F)c(/C=C3/SC(=Nc4ccccc4C)NC3=O)cc2C(C)CC1(C)C. The maximum atomic E-state index is 15.2. The van der Waals surface area contributed by atoms with Crippen LogP contribution >= 0.6 is 11.8 Å². The topological polar surface area (TPSA) is 44.7 Å². The number of anilines is 1. The number of fused-ring (bicyclic) bond motifs is 1. The Hall–Kier alpha value is -2.60. The predicted octanol–water partition coefficient (Wildman–Crippen LogP) is 6.53. The van der Waals surface area contributed by atoms with E-state index in [-0.39, 0.29) is 17.3 Å². The fraction of sp³-hybridized carbons (Fsp3) is 0.385. The van der Waals surface area contributed by atoms with Gasteiger partial charge in [0.1, 0.15) is 5.82 Å². The van der Waals surface area contributed by atoms with E-state index in [1.54, 1.807) is 12.1 Å². The molecular weight excluding hydrogens is 421 g/mol. The summed E-state index contributed by atoms with van der Waals surface area (Å²) in [6.45, 7) is 11.7. The zero-order valence-corrected chi connectivity index (χ0v) is 20.1. The number of para-hydroxylation sites is 1. The molecule has 32 heavy (non-hydrogen) atoms. The van der Waals surface area contributed by atoms with Gasteiger partial charge < -0.3 is 10.2 Å². The van der Waals surface area contributed by atoms with E-state index in [9.17, 15) is 4.79 Å². The van der Waals surface area contributed by atoms with Crippen molar-refractivity contribution in [1.29, 1.82) is 0 Å². The van der Waals surface area contributed by atoms with Crippen molar-refractivity contribution >= 4 is 40.3 Å². The Bertz CT molecular complexity index is 1120. The summed E-state index contributed by atoms with van der Waals surface area (Å²) in [4.78, 5) is 19.9. The summed E-state index contributed by atoms with van der Waals surface area (Å²) < 4.78 is 15.2. The van der Waals surface area contributed by atoms with E-state index in [0.29, 0.717) is 21.6 Å². The molecule has 0 aliphatic carbocycles. The number of halogens is 1. The molecule has 0 spiro atoms. The normalized spacial score (nSPS) is 22.4. The average Bonchev–Trinajstić information content (AvgIpc) is 3.06. The Balaban J connectivity index is 1.67. The highest BCUT2D eigenvalue weighted by atomic mass is 32.2. The van der Waals surface area contributed by atoms with Crippen molar-refractivity contribution in [2.24, 2.45) is 4.99 Å². The number of amidine groups is 1. The van der Waals surface area contributed by atoms with Gasteiger partial charge in [0.2, 0.25) is 0 Å². The number of carbonyl (C=O) groups excluding carboxylic acids is 1. The third kappa shape index (κ3) is 4.33. The summed E-state index contributed by atoms with van der Waals surface area (Å²) in [5.74, 6) is -0.240. The number of nitrogens with one attached hydrogen (secondary N) is 1. The third-order valence-corrected chi connectivity index (χ3v) is 7.14. The second-order valence-electron chi connectivity index (χ2n) is 9.27. The molecule has 168 valence electrons. The second kappa shape index (κ2) is 8.74. The lowest BCUT2D eigenvalue weighted by Gasteiger charge is -2.47. The molecule has 0 saturated carbocycles. The molecule has 1 fully saturated rings. The van der Waals surface area contributed by atoms with Crippen LogP contribution < -0.4 is 10.2 Å². The Labute approximate surface area is 194 Å². The van der Waals surface area contributed by atoms with Crippen molar-refractivity contribution < 1.29 is 9.18 Å². The molecule has 2 aromatic carbocycles. The molecular formula is C26H30FN3OS. The summed E-state index contributed by atoms with van der Waals surface area (Å²) in [7, 11) is 0. The molecule has 2 aromatic rings. The van der Waals surface area contributed by atoms with Crippen LogP contribution in [-0.2, 0) is 4.79 Å². The van der Waals surface area contributed by atoms with E-state index >= 15 is 4.39 Å². The number of hydrogen-bond acceptors (Lipinski definition) is 4. The highest BCUT2D eigenvalue weighted by Crippen LogP contribution is 2.44. The van der Waals surface area contributed by atoms with Crippen LogP contribution in [0.25, 0.3) is 6.08 Å². The third-order valence-electron chi connectivity index (χ3n) is 6.23. The minimum Gasteiger partial charge on any atom is -0.366 e. The first-order chi connectivity index (χ1) is 15.2. The average molecular weight is 452 g/mol. The Morgan fingerprint density at radius 2 is 2.06 bits per heavy atom. The first kappa shape index (κ1) is 22.6. The number of aliphatic imine (C=N–C) groups is 1. The van der Waals surface area contributed by atoms with E-state index < -0.39 is 0 Å². The van der Waals surface area contributed by atoms with Crippen molar-refractivity contribution in [3.05, 3.63) is 63.8 Å². The van der Waals surface area contributed by atoms with Crippen LogP contribution in [0.3, 0.4) is 0 Å². The van der Waals surface area contributed by atoms with Gasteiger partial charge in [-0.05, 0) is 86.7 Å². The quantitative estimate of drug-likeness (QED) is 0.538. The Kier molecular flexibility index (Phi) is 6.17. The van der Waals surface area contributed by atoms with Crippen LogP contribution in [0, 0.1) is 12.7 Å². The number of thioether (sulfide) groups is 1. The van der Waals surface area contributed by atoms with Crippen LogP contribution in [-0.4, -0.2) is 23.2 Å². The number of nitrogens with zero attached hydrogens (tertiary/aromatic N) is 2. The zero-order chi connectivity index (χ0) is 23.0. The predicted molar refractivity (Wildman–Crippen MR) is 133 cm³/mol. The Morgan fingerprint density at radius 3 is 2.78 bits per heavy atom. The molecule has 4 nitrogen and oxygen atoms in total. The number of aryl methyl sites for hydroxylation is 1. The summed E-state index contributed by atoms with van der Waals surface area (Å²) >= 11 is 1.25. The van der Waals surface area contributed by atoms with Crippen molar-refractivity contribution in [1.82, 2.24) is 5.32 Å². The summed E-state index contributed by atoms with van der Waals surface area (Å²) in [5.41, 5.74) is 4.38. The maximum Gasteiger partial charge on any atom is 0.264 e. The zero-order valence-electron chi connectivity index (χ0n) is 19.3. The van der Waals surface area contributed by atoms with Crippen molar-refractivity contribution in [2.75, 3.05) is 11.4 Å². The minimum atomic E-state index is -0.306. The summed E-state index contributed by atoms with van der Waals surface area (Å²) in [6.07, 6.45) is 3.65. The van der Waals surface area contributed by atoms with Crippen LogP contribution in [0.1, 0.15) is 63.1 Å². The van der Waals surface area contributed by atoms with Crippen molar-refractivity contribution in [3.8, 4) is 0 Å². The molecule has 1 unspecified atom stereocenters. The van der Waals surface area contributed by atoms with Gasteiger partial charge in [0, 0.05) is 23.3 Å². The summed E-state index contributed by atoms with van der Waals surface area (Å²) in [6, 6.07) is 11.3. The molecule has 0 radical (unpaired) electrons. The number of hydrogen-bond donors (Lipinski definition) is 1. The van der Waals surface area contributed by atoms with Gasteiger partial charge in [0.15, 0.2) is 5.17 Å². The molecule has 2 aliphatic heterocycles. The maximum absolute atomic E-state index is 15.2. The van der Waals surface area contributed by atoms with Gasteiger partial charge in [-0.3, -0.25) is 4.79 Å². The smallest absolute Gasteiger partial charge is 0.264 e. The van der Waals surface area contributed by atoms with Crippen molar-refractivity contribution in [3.63, 3.8) is 0 Å². The van der Waals surface area contributed by atoms with E-state index in [1.165, 1.54) is 11.8 Å². The van der Waals surface area contributed by atoms with Crippen LogP contribution in [0.15, 0.2) is 46.3 Å². The lowest BCUT2D eigenvalue weighted by molar-refractivity contribution is -0.115. The molecule has 2 aliphatic rings. The molecule has 1 saturated heterocycles. The van der Waals surface area contributed by atoms with Gasteiger partial charge in [-0.2, -0.15) is 0 Å². The minimum absolute atomic E-state index is 0.0169. The molecule has 0 aromatic heterocycles. The number of rotatable bonds is 4. The largest absolute Gasteiger partial charge is 0.366 e. The van der Waals surface area contributed by atoms with Crippen molar-refractivity contribution in [2.45, 2.75) is 58.9 Å². The summed E-state index contributed by atoms with van der Waals surface area (Å²) in [5, 5.41) is 3.31. The molecule has 1 N–H and O–H groups in total. The highest BCUT2D eigenvalue weighted by Gasteiger charge is 2.36. The first-order valence-corrected chi connectivity index (χ1v) is 12.0. The van der Waals surface area contributed by atoms with Crippen LogP contribution in [0.4, 0.5) is 15.8 Å². The molecule has 6 heteroatoms.